The molecule has 21 atom stereocenters. The van der Waals surface area contributed by atoms with Gasteiger partial charge in [0.15, 0.2) is 5.96 Å². The second-order valence-electron chi connectivity index (χ2n) is 36.6. The van der Waals surface area contributed by atoms with Crippen LogP contribution in [0, 0.1) is 40.9 Å². The van der Waals surface area contributed by atoms with E-state index < -0.39 is 363 Å². The number of unbranched alkanes of at least 4 members (excludes halogenated alkanes) is 1. The fourth-order valence-corrected chi connectivity index (χ4v) is 13.4. The number of nitrogens with one attached hydrogen (secondary N) is 22. The highest BCUT2D eigenvalue weighted by atomic mass is 16.4. The number of aliphatic hydroxyl groups is 4. The topological polar surface area (TPSA) is 981 Å². The third kappa shape index (κ3) is 49.4. The third-order valence-corrected chi connectivity index (χ3v) is 22.1. The average molecular weight is 2090 g/mol. The highest BCUT2D eigenvalue weighted by molar-refractivity contribution is 6.04. The average Bonchev–Trinajstić information content (AvgIpc) is 0.837. The van der Waals surface area contributed by atoms with Crippen molar-refractivity contribution in [3.63, 3.8) is 0 Å². The van der Waals surface area contributed by atoms with Crippen molar-refractivity contribution >= 4 is 154 Å². The molecular weight excluding hydrogens is 1930 g/mol. The van der Waals surface area contributed by atoms with Gasteiger partial charge in [0.05, 0.1) is 64.3 Å². The fourth-order valence-electron chi connectivity index (χ4n) is 13.4. The number of carboxylic acids is 2. The largest absolute Gasteiger partial charge is 0.481 e. The molecule has 0 aromatic rings. The highest BCUT2D eigenvalue weighted by Gasteiger charge is 2.42. The first-order chi connectivity index (χ1) is 67.9. The van der Waals surface area contributed by atoms with Crippen molar-refractivity contribution < 1.29 is 151 Å². The van der Waals surface area contributed by atoms with Crippen LogP contribution in [0.4, 0.5) is 0 Å². The molecule has 23 amide bonds. The molecule has 0 spiro atoms. The minimum Gasteiger partial charge on any atom is -0.481 e. The molecule has 0 unspecified atom stereocenters. The molecule has 0 radical (unpaired) electrons. The molecule has 0 aliphatic heterocycles. The van der Waals surface area contributed by atoms with Crippen LogP contribution in [0.25, 0.3) is 0 Å². The smallest absolute Gasteiger partial charge is 0.326 e. The molecule has 0 saturated carbocycles. The third-order valence-electron chi connectivity index (χ3n) is 22.1. The number of aliphatic carboxylic acids is 2. The number of rotatable bonds is 70. The molecule has 0 aliphatic rings. The van der Waals surface area contributed by atoms with E-state index in [2.05, 4.69) is 95.7 Å². The van der Waals surface area contributed by atoms with E-state index in [9.17, 15) is 151 Å². The van der Waals surface area contributed by atoms with E-state index in [0.717, 1.165) is 6.92 Å². The molecule has 0 aliphatic carbocycles. The van der Waals surface area contributed by atoms with E-state index in [0.29, 0.717) is 25.7 Å². The summed E-state index contributed by atoms with van der Waals surface area (Å²) in [5, 5.41) is 116. The summed E-state index contributed by atoms with van der Waals surface area (Å²) in [6.07, 6.45) is -4.03. The normalized spacial score (nSPS) is 15.5. The highest BCUT2D eigenvalue weighted by Crippen LogP contribution is 2.17. The predicted molar refractivity (Wildman–Crippen MR) is 515 cm³/mol. The minimum absolute atomic E-state index is 0.0635. The maximum Gasteiger partial charge on any atom is 0.326 e. The van der Waals surface area contributed by atoms with Gasteiger partial charge in [-0.15, -0.1) is 0 Å². The van der Waals surface area contributed by atoms with Crippen molar-refractivity contribution in [3.8, 4) is 0 Å². The van der Waals surface area contributed by atoms with Crippen molar-refractivity contribution in [3.05, 3.63) is 0 Å². The molecule has 0 aromatic heterocycles. The van der Waals surface area contributed by atoms with Crippen molar-refractivity contribution in [2.45, 2.75) is 309 Å². The fraction of sp³-hybridized carbons (Fsp3) is 0.701. The van der Waals surface area contributed by atoms with Gasteiger partial charge in [0.1, 0.15) is 109 Å². The predicted octanol–water partition coefficient (Wildman–Crippen LogP) is -14.6. The summed E-state index contributed by atoms with van der Waals surface area (Å²) in [5.41, 5.74) is 33.2. The van der Waals surface area contributed by atoms with Gasteiger partial charge in [0.25, 0.3) is 0 Å². The Balaban J connectivity index is 6.13. The summed E-state index contributed by atoms with van der Waals surface area (Å²) >= 11 is 0. The van der Waals surface area contributed by atoms with Crippen LogP contribution < -0.4 is 146 Å². The lowest BCUT2D eigenvalue weighted by Crippen LogP contribution is -2.63. The lowest BCUT2D eigenvalue weighted by Gasteiger charge is -2.30. The molecular formula is C87H152N28O31. The summed E-state index contributed by atoms with van der Waals surface area (Å²) in [5.74, 6) is -33.5. The molecule has 0 bridgehead atoms. The zero-order chi connectivity index (χ0) is 112. The molecule has 146 heavy (non-hydrogen) atoms. The van der Waals surface area contributed by atoms with Gasteiger partial charge in [-0.2, -0.15) is 0 Å². The number of carbonyl (C=O) groups excluding carboxylic acids is 23. The van der Waals surface area contributed by atoms with Gasteiger partial charge >= 0.3 is 11.9 Å². The Bertz CT molecular complexity index is 4520. The van der Waals surface area contributed by atoms with E-state index in [1.165, 1.54) is 76.2 Å². The Labute approximate surface area is 842 Å². The van der Waals surface area contributed by atoms with Crippen LogP contribution in [-0.2, 0) is 120 Å². The summed E-state index contributed by atoms with van der Waals surface area (Å²) < 4.78 is 0. The first-order valence-corrected chi connectivity index (χ1v) is 47.3. The zero-order valence-corrected chi connectivity index (χ0v) is 84.8. The van der Waals surface area contributed by atoms with E-state index >= 15 is 0 Å². The number of aliphatic hydroxyl groups excluding tert-OH is 4. The molecule has 0 fully saturated rings. The molecule has 0 saturated heterocycles. The number of primary amides is 3. The quantitative estimate of drug-likeness (QED) is 0.0153. The van der Waals surface area contributed by atoms with Gasteiger partial charge in [0, 0.05) is 13.0 Å². The van der Waals surface area contributed by atoms with E-state index in [-0.39, 0.29) is 44.2 Å². The van der Waals surface area contributed by atoms with Crippen LogP contribution in [0.1, 0.15) is 188 Å². The van der Waals surface area contributed by atoms with Crippen molar-refractivity contribution in [1.29, 1.82) is 5.41 Å². The lowest BCUT2D eigenvalue weighted by atomic mass is 9.96. The monoisotopic (exact) mass is 2090 g/mol. The van der Waals surface area contributed by atoms with Crippen LogP contribution in [0.3, 0.4) is 0 Å². The van der Waals surface area contributed by atoms with E-state index in [1.807, 2.05) is 16.0 Å². The van der Waals surface area contributed by atoms with Gasteiger partial charge in [-0.3, -0.25) is 120 Å². The van der Waals surface area contributed by atoms with Crippen LogP contribution in [0.2, 0.25) is 0 Å². The number of carboxylic acid groups (broad SMARTS) is 2. The van der Waals surface area contributed by atoms with Crippen LogP contribution in [0.5, 0.6) is 0 Å². The number of hydrogen-bond donors (Lipinski definition) is 34. The van der Waals surface area contributed by atoms with Gasteiger partial charge in [-0.05, 0) is 115 Å². The van der Waals surface area contributed by atoms with Crippen LogP contribution >= 0.6 is 0 Å². The molecule has 0 heterocycles. The summed E-state index contributed by atoms with van der Waals surface area (Å²) in [6.45, 7) is 17.7. The Morgan fingerprint density at radius 2 is 0.630 bits per heavy atom. The Morgan fingerprint density at radius 1 is 0.308 bits per heavy atom. The van der Waals surface area contributed by atoms with Crippen molar-refractivity contribution in [2.24, 2.45) is 69.9 Å². The van der Waals surface area contributed by atoms with Gasteiger partial charge < -0.3 is 177 Å². The summed E-state index contributed by atoms with van der Waals surface area (Å²) in [7, 11) is 0. The van der Waals surface area contributed by atoms with Crippen LogP contribution in [0.15, 0.2) is 0 Å². The van der Waals surface area contributed by atoms with Crippen molar-refractivity contribution in [1.82, 2.24) is 112 Å². The van der Waals surface area contributed by atoms with Crippen molar-refractivity contribution in [2.75, 3.05) is 46.0 Å². The number of carbonyl (C=O) groups is 25. The molecule has 0 rings (SSSR count). The van der Waals surface area contributed by atoms with Gasteiger partial charge in [-0.25, -0.2) is 4.79 Å². The molecule has 826 valence electrons. The lowest BCUT2D eigenvalue weighted by molar-refractivity contribution is -0.143. The summed E-state index contributed by atoms with van der Waals surface area (Å²) in [4.78, 5) is 333. The maximum atomic E-state index is 14.2. The van der Waals surface area contributed by atoms with E-state index in [1.54, 1.807) is 27.7 Å². The van der Waals surface area contributed by atoms with Crippen LogP contribution in [-0.4, -0.2) is 351 Å². The summed E-state index contributed by atoms with van der Waals surface area (Å²) in [6, 6.07) is -31.5. The van der Waals surface area contributed by atoms with E-state index in [4.69, 9.17) is 39.8 Å². The number of guanidine groups is 1. The Kier molecular flexibility index (Phi) is 60.2. The number of amides is 23. The number of nitrogens with two attached hydrogens (primary N) is 6. The SMILES string of the molecule is CC[C@H](C)[C@H](NC(=O)[C@H](CCCCN)NC(=O)[C@@H](N)CCCNC(=N)N)C(=O)N[C@H](C(=O)NCC(=O)N[C@H](C(=O)N[C@@H](C)C(=O)N[C@@H](C)C(=O)NCC(=O)N[C@@H](CO)C(=O)N[C@@H](C)C(=O)N[C@@H](CO)C(=O)N[C@@H](CO)C(=O)N[C@@H](CC(=O)O)C(=O)N[C@H](C(=O)N[C@H](C(=O)N[C@@H](CC(N)=O)C(=O)N[C@H](C(=O)N[C@@H](CC(N)=O)C(=O)N[C@@H](CCC(N)=O)C(=O)N[C@@H](CC(C)C)C(=O)O)C(C)C)C(C)C)C(C)C)C(C)C)[C@@H](C)O. The number of hydrogen-bond acceptors (Lipinski definition) is 32. The minimum atomic E-state index is -2.16. The Morgan fingerprint density at radius 3 is 1.06 bits per heavy atom. The zero-order valence-electron chi connectivity index (χ0n) is 84.8. The van der Waals surface area contributed by atoms with Gasteiger partial charge in [0.2, 0.25) is 136 Å². The molecule has 0 aromatic carbocycles. The second kappa shape index (κ2) is 66.7. The molecule has 59 nitrogen and oxygen atoms in total. The Hall–Kier alpha value is -14.2. The second-order valence-corrected chi connectivity index (χ2v) is 36.6. The molecule has 40 N–H and O–H groups in total. The van der Waals surface area contributed by atoms with Gasteiger partial charge in [-0.1, -0.05) is 89.5 Å². The maximum absolute atomic E-state index is 14.2. The standard InChI is InChI=1S/C87H152N28O31/c1-17-41(12)66(114-73(132)47(22-18-19-25-88)102-71(130)46(89)21-20-26-95-87(93)94)85(144)115-67(45(16)119)80(139)97-32-60(124)110-62(37(4)5)81(140)100-43(14)69(128)98-42(13)68(127)96-31-59(123)101-53(33-116)77(136)99-44(15)70(129)108-54(34-117)79(138)109-55(35-118)78(137)104-51(30-61(125)126)76(135)112-65(40(10)11)84(143)113-64(39(8)9)83(142)106-50(29-58(92)122)75(134)111-63(38(6)7)82(141)105-49(28-57(91)121)74(133)103-48(23-24-56(90)120)72(131)107-52(86(145)146)27-36(2)3/h36-55,62-67,116-119H,17-35,88-89H2,1-16H3,(H2,90,120)(H2,91,121)(H2,92,122)(H,96,127)(H,97,139)(H,98,128)(H,99,136)(H,100,140)(H,101,123)(H,102,130)(H,103,133)(H,104,137)(H,105,141)(H,106,142)(H,107,131)(H,108,129)(H,109,138)(H,110,124)(H,111,134)(H,112,135)(H,113,143)(H,114,132)(H,115,144)(H,125,126)(H,145,146)(H4,93,94,95)/t41-,42-,43-,44-,45+,46-,47-,48-,49-,50-,51-,52-,53-,54-,55-,62-,63-,64-,65-,66-,67-/m0/s1. The molecule has 59 heteroatoms. The first-order valence-electron chi connectivity index (χ1n) is 47.3. The first kappa shape index (κ1) is 132.